The molecule has 0 saturated carbocycles. The van der Waals surface area contributed by atoms with Gasteiger partial charge in [-0.05, 0) is 23.3 Å². The van der Waals surface area contributed by atoms with Crippen molar-refractivity contribution < 1.29 is 0 Å². The molecule has 66 valence electrons. The second kappa shape index (κ2) is 5.27. The van der Waals surface area contributed by atoms with E-state index in [1.807, 2.05) is 36.4 Å². The molecule has 0 spiro atoms. The van der Waals surface area contributed by atoms with Crippen LogP contribution in [0.4, 0.5) is 0 Å². The van der Waals surface area contributed by atoms with Gasteiger partial charge in [-0.3, -0.25) is 0 Å². The molecule has 0 bridgehead atoms. The molecule has 0 unspecified atom stereocenters. The predicted molar refractivity (Wildman–Crippen MR) is 64.0 cm³/mol. The van der Waals surface area contributed by atoms with Crippen molar-refractivity contribution in [2.45, 2.75) is 0 Å². The van der Waals surface area contributed by atoms with Crippen LogP contribution in [0.25, 0.3) is 11.1 Å². The first-order chi connectivity index (χ1) is 6.36. The van der Waals surface area contributed by atoms with Gasteiger partial charge in [0.25, 0.3) is 0 Å². The van der Waals surface area contributed by atoms with Gasteiger partial charge in [0.05, 0.1) is 0 Å². The number of hydrogen-bond donors (Lipinski definition) is 0. The van der Waals surface area contributed by atoms with Crippen molar-refractivity contribution in [3.63, 3.8) is 0 Å². The van der Waals surface area contributed by atoms with Crippen LogP contribution in [0.15, 0.2) is 54.6 Å². The summed E-state index contributed by atoms with van der Waals surface area (Å²) in [5, 5.41) is 0.779. The maximum absolute atomic E-state index is 5.89. The molecule has 0 atom stereocenters. The van der Waals surface area contributed by atoms with Crippen LogP contribution in [0, 0.1) is 0 Å². The van der Waals surface area contributed by atoms with Crippen LogP contribution in [0.1, 0.15) is 0 Å². The average molecular weight is 197 g/mol. The van der Waals surface area contributed by atoms with Gasteiger partial charge < -0.3 is 0 Å². The van der Waals surface area contributed by atoms with Crippen LogP contribution < -0.4 is 0 Å². The Hall–Kier alpha value is -0.673. The molecule has 0 N–H and O–H groups in total. The average Bonchev–Trinajstić information content (AvgIpc) is 2.19. The molecule has 2 aromatic rings. The number of halogens is 1. The zero-order valence-corrected chi connectivity index (χ0v) is 7.83. The molecule has 2 heteroatoms. The van der Waals surface area contributed by atoms with E-state index >= 15 is 0 Å². The van der Waals surface area contributed by atoms with Crippen molar-refractivity contribution in [2.24, 2.45) is 0 Å². The zero-order valence-electron chi connectivity index (χ0n) is 7.07. The minimum absolute atomic E-state index is 0. The van der Waals surface area contributed by atoms with E-state index in [0.717, 1.165) is 10.6 Å². The summed E-state index contributed by atoms with van der Waals surface area (Å²) >= 11 is 5.89. The summed E-state index contributed by atoms with van der Waals surface area (Å²) < 4.78 is 0. The summed E-state index contributed by atoms with van der Waals surface area (Å²) in [6.07, 6.45) is 0. The molecule has 0 aliphatic heterocycles. The monoisotopic (exact) mass is 196 g/mol. The molecular formula is C12H10ClLi. The Kier molecular flexibility index (Phi) is 4.29. The Balaban J connectivity index is 0.000000980. The molecule has 2 rings (SSSR count). The molecule has 0 nitrogen and oxygen atoms in total. The number of hydrogen-bond acceptors (Lipinski definition) is 0. The van der Waals surface area contributed by atoms with Crippen molar-refractivity contribution >= 4 is 30.5 Å². The Bertz CT molecular complexity index is 398. The Morgan fingerprint density at radius 3 is 2.00 bits per heavy atom. The van der Waals surface area contributed by atoms with E-state index in [2.05, 4.69) is 18.2 Å². The van der Waals surface area contributed by atoms with Crippen LogP contribution >= 0.6 is 11.6 Å². The summed E-state index contributed by atoms with van der Waals surface area (Å²) in [5.74, 6) is 0. The fourth-order valence-electron chi connectivity index (χ4n) is 1.30. The molecule has 0 aliphatic carbocycles. The third-order valence-corrected chi connectivity index (χ3v) is 2.17. The van der Waals surface area contributed by atoms with E-state index in [1.54, 1.807) is 0 Å². The Morgan fingerprint density at radius 1 is 0.714 bits per heavy atom. The normalized spacial score (nSPS) is 9.21. The third-order valence-electron chi connectivity index (χ3n) is 1.93. The summed E-state index contributed by atoms with van der Waals surface area (Å²) in [7, 11) is 0. The van der Waals surface area contributed by atoms with Gasteiger partial charge in [-0.2, -0.15) is 0 Å². The first-order valence-corrected chi connectivity index (χ1v) is 4.55. The first kappa shape index (κ1) is 11.4. The first-order valence-electron chi connectivity index (χ1n) is 4.17. The fourth-order valence-corrected chi connectivity index (χ4v) is 1.49. The topological polar surface area (TPSA) is 0 Å². The summed E-state index contributed by atoms with van der Waals surface area (Å²) in [5.41, 5.74) is 2.36. The van der Waals surface area contributed by atoms with E-state index in [1.165, 1.54) is 5.56 Å². The molecular weight excluding hydrogens is 187 g/mol. The number of rotatable bonds is 1. The van der Waals surface area contributed by atoms with Crippen molar-refractivity contribution in [1.29, 1.82) is 0 Å². The van der Waals surface area contributed by atoms with Crippen molar-refractivity contribution in [3.05, 3.63) is 59.6 Å². The summed E-state index contributed by atoms with van der Waals surface area (Å²) in [6, 6.07) is 18.1. The van der Waals surface area contributed by atoms with Gasteiger partial charge in [0.1, 0.15) is 0 Å². The van der Waals surface area contributed by atoms with Gasteiger partial charge in [0, 0.05) is 5.02 Å². The predicted octanol–water partition coefficient (Wildman–Crippen LogP) is 3.36. The van der Waals surface area contributed by atoms with E-state index in [4.69, 9.17) is 11.6 Å². The van der Waals surface area contributed by atoms with Crippen LogP contribution in [0.2, 0.25) is 5.02 Å². The van der Waals surface area contributed by atoms with E-state index in [-0.39, 0.29) is 18.9 Å². The van der Waals surface area contributed by atoms with Crippen LogP contribution in [0.5, 0.6) is 0 Å². The van der Waals surface area contributed by atoms with E-state index in [9.17, 15) is 0 Å². The zero-order chi connectivity index (χ0) is 9.10. The van der Waals surface area contributed by atoms with Crippen molar-refractivity contribution in [1.82, 2.24) is 0 Å². The summed E-state index contributed by atoms with van der Waals surface area (Å²) in [6.45, 7) is 0. The van der Waals surface area contributed by atoms with Crippen LogP contribution in [0.3, 0.4) is 0 Å². The van der Waals surface area contributed by atoms with Gasteiger partial charge in [0.15, 0.2) is 0 Å². The Labute approximate surface area is 101 Å². The molecule has 0 radical (unpaired) electrons. The van der Waals surface area contributed by atoms with E-state index in [0.29, 0.717) is 0 Å². The van der Waals surface area contributed by atoms with Crippen LogP contribution in [-0.2, 0) is 0 Å². The Morgan fingerprint density at radius 2 is 1.36 bits per heavy atom. The molecule has 14 heavy (non-hydrogen) atoms. The van der Waals surface area contributed by atoms with Gasteiger partial charge in [-0.1, -0.05) is 54.1 Å². The number of benzene rings is 2. The molecule has 2 aromatic carbocycles. The minimum atomic E-state index is 0. The molecule has 0 amide bonds. The summed E-state index contributed by atoms with van der Waals surface area (Å²) in [4.78, 5) is 0. The van der Waals surface area contributed by atoms with E-state index < -0.39 is 0 Å². The maximum atomic E-state index is 5.89. The standard InChI is InChI=1S/C12H9Cl.Li.H/c13-12-8-4-7-11(9-12)10-5-2-1-3-6-10;;/h1-9H;;. The third kappa shape index (κ3) is 2.66. The SMILES string of the molecule is Clc1cccc(-c2ccccc2)c1.[LiH]. The van der Waals surface area contributed by atoms with Gasteiger partial charge >= 0.3 is 18.9 Å². The van der Waals surface area contributed by atoms with Gasteiger partial charge in [0.2, 0.25) is 0 Å². The quantitative estimate of drug-likeness (QED) is 0.614. The van der Waals surface area contributed by atoms with Gasteiger partial charge in [-0.15, -0.1) is 0 Å². The molecule has 0 saturated heterocycles. The second-order valence-electron chi connectivity index (χ2n) is 2.88. The molecule has 0 aliphatic rings. The van der Waals surface area contributed by atoms with Gasteiger partial charge in [-0.25, -0.2) is 0 Å². The van der Waals surface area contributed by atoms with Crippen molar-refractivity contribution in [2.75, 3.05) is 0 Å². The second-order valence-corrected chi connectivity index (χ2v) is 3.31. The molecule has 0 aromatic heterocycles. The van der Waals surface area contributed by atoms with Crippen LogP contribution in [-0.4, -0.2) is 18.9 Å². The molecule has 0 fully saturated rings. The molecule has 0 heterocycles. The fraction of sp³-hybridized carbons (Fsp3) is 0. The van der Waals surface area contributed by atoms with Crippen molar-refractivity contribution in [3.8, 4) is 11.1 Å².